The molecule has 0 bridgehead atoms. The standard InChI is InChI=1S/C25H31NO4.2C22H26N2O4.C22H23NO5/c1(5-19-7-9-22-24(12-19)29-16-27-22)3-18-4-2-6-20(11-18)14-26-15-21-8-10-23-25(13-21)30-17-28-23;1-7-19-21(27-13-25-19)9-15(1)11-23-17-3-5-18(6-4-17)24-12-16-2-8-20-22(10-16)28-14-26-20;1-2-4-18(24-12-16-6-8-20-22(10-16)28-14-26-20)17(3-1)23-11-15-5-7-19-21(9-15)27-13-25-19;24-18(6-3-15-4-7-19-21(10-15)27-13-25-19)17-2-1-9-23(17)12-16-5-8-20-22(11-16)28-14-26-20/h7-10,12-13,18,20,26H,1-6,11,14-17H2;1-2,7-10,17-18,23-24H,3-6,11-14H2;5-10,17-18,23-24H,1-4,11-14H2;4-5,7-8,10-11,17H,1-3,6,9,12-14H2/t;;17-,18-;/m..0./s1. The zero-order valence-corrected chi connectivity index (χ0v) is 65.0. The molecule has 9 aliphatic heterocycles. The molecule has 3 aliphatic carbocycles. The second-order valence-corrected chi connectivity index (χ2v) is 31.6. The smallest absolute Gasteiger partial charge is 0.231 e. The third-order valence-corrected chi connectivity index (χ3v) is 23.8. The lowest BCUT2D eigenvalue weighted by Crippen LogP contribution is -2.49. The lowest BCUT2D eigenvalue weighted by atomic mass is 9.79. The highest BCUT2D eigenvalue weighted by Gasteiger charge is 2.32. The molecule has 4 fully saturated rings. The van der Waals surface area contributed by atoms with E-state index in [-0.39, 0.29) is 19.6 Å². The fraction of sp³-hybridized carbons (Fsp3) is 0.462. The molecule has 0 amide bonds. The van der Waals surface area contributed by atoms with Crippen molar-refractivity contribution in [2.75, 3.05) is 67.4 Å². The molecule has 9 heterocycles. The summed E-state index contributed by atoms with van der Waals surface area (Å²) in [5.74, 6) is 15.4. The molecule has 20 rings (SSSR count). The maximum absolute atomic E-state index is 12.9. The van der Waals surface area contributed by atoms with E-state index in [2.05, 4.69) is 110 Å². The first kappa shape index (κ1) is 76.6. The number of likely N-dealkylation sites (tertiary alicyclic amines) is 1. The normalized spacial score (nSPS) is 21.6. The van der Waals surface area contributed by atoms with Crippen molar-refractivity contribution in [1.82, 2.24) is 31.5 Å². The third kappa shape index (κ3) is 20.0. The van der Waals surface area contributed by atoms with Gasteiger partial charge in [-0.2, -0.15) is 0 Å². The van der Waals surface area contributed by atoms with E-state index >= 15 is 0 Å². The number of hydrogen-bond acceptors (Lipinski definition) is 23. The number of rotatable bonds is 26. The Bertz CT molecular complexity index is 4370. The van der Waals surface area contributed by atoms with Crippen molar-refractivity contribution in [2.45, 2.75) is 191 Å². The summed E-state index contributed by atoms with van der Waals surface area (Å²) in [4.78, 5) is 15.2. The van der Waals surface area contributed by atoms with Crippen molar-refractivity contribution in [1.29, 1.82) is 0 Å². The molecule has 12 aliphatic rings. The molecule has 0 aromatic heterocycles. The molecule has 3 unspecified atom stereocenters. The van der Waals surface area contributed by atoms with E-state index in [0.717, 1.165) is 193 Å². The molecule has 602 valence electrons. The van der Waals surface area contributed by atoms with Gasteiger partial charge >= 0.3 is 0 Å². The summed E-state index contributed by atoms with van der Waals surface area (Å²) in [5, 5.41) is 18.6. The van der Waals surface area contributed by atoms with Crippen molar-refractivity contribution < 1.29 is 80.6 Å². The topological polar surface area (TPSA) is 228 Å². The van der Waals surface area contributed by atoms with Crippen LogP contribution in [0.4, 0.5) is 0 Å². The van der Waals surface area contributed by atoms with Gasteiger partial charge in [-0.05, 0) is 250 Å². The van der Waals surface area contributed by atoms with Gasteiger partial charge < -0.3 is 102 Å². The first-order valence-electron chi connectivity index (χ1n) is 41.3. The van der Waals surface area contributed by atoms with Crippen LogP contribution in [0.3, 0.4) is 0 Å². The van der Waals surface area contributed by atoms with Gasteiger partial charge in [-0.1, -0.05) is 80.6 Å². The van der Waals surface area contributed by atoms with Crippen LogP contribution in [0.1, 0.15) is 154 Å². The van der Waals surface area contributed by atoms with Crippen LogP contribution >= 0.6 is 0 Å². The Labute approximate surface area is 667 Å². The number of nitrogens with one attached hydrogen (secondary N) is 5. The van der Waals surface area contributed by atoms with Crippen LogP contribution in [0.25, 0.3) is 0 Å². The Morgan fingerprint density at radius 2 is 0.649 bits per heavy atom. The van der Waals surface area contributed by atoms with Gasteiger partial charge in [0.05, 0.1) is 6.04 Å². The SMILES string of the molecule is O=C(CCc1ccc2c(c1)OCO2)C1CCCN1Cc1ccc2c(c1)OCO2.c1cc2c(cc1CCCC1CCCC(CNCc3ccc4c(c3)OCO4)C1)OCO2.c1cc2c(cc1CNC1CCC(NCc3ccc4c(c3)OCO4)CC1)OCO2.c1cc2c(cc1CN[C@H]1CCCC[C@@H]1NCc1ccc3c(c1)OCO3)OCO2. The number of carbonyl (C=O) groups excluding carboxylic acids is 1. The molecule has 8 aromatic rings. The summed E-state index contributed by atoms with van der Waals surface area (Å²) in [6.45, 7) is 9.67. The summed E-state index contributed by atoms with van der Waals surface area (Å²) in [5.41, 5.74) is 9.82. The van der Waals surface area contributed by atoms with E-state index < -0.39 is 0 Å². The van der Waals surface area contributed by atoms with E-state index in [9.17, 15) is 4.79 Å². The minimum Gasteiger partial charge on any atom is -0.454 e. The zero-order chi connectivity index (χ0) is 76.6. The first-order valence-corrected chi connectivity index (χ1v) is 41.3. The molecule has 5 atom stereocenters. The number of ether oxygens (including phenoxy) is 16. The molecular weight excluding hydrogens is 1450 g/mol. The van der Waals surface area contributed by atoms with E-state index in [1.54, 1.807) is 0 Å². The van der Waals surface area contributed by atoms with Gasteiger partial charge in [0.2, 0.25) is 54.3 Å². The highest BCUT2D eigenvalue weighted by atomic mass is 16.7. The Morgan fingerprint density at radius 1 is 0.316 bits per heavy atom. The van der Waals surface area contributed by atoms with Gasteiger partial charge in [0.15, 0.2) is 92.0 Å². The monoisotopic (exact) mass is 1550 g/mol. The lowest BCUT2D eigenvalue weighted by Gasteiger charge is -2.33. The minimum absolute atomic E-state index is 0.000525. The van der Waals surface area contributed by atoms with E-state index in [4.69, 9.17) is 75.8 Å². The van der Waals surface area contributed by atoms with Gasteiger partial charge in [0, 0.05) is 69.9 Å². The fourth-order valence-electron chi connectivity index (χ4n) is 17.5. The van der Waals surface area contributed by atoms with Crippen LogP contribution in [0.2, 0.25) is 0 Å². The lowest BCUT2D eigenvalue weighted by molar-refractivity contribution is -0.123. The highest BCUT2D eigenvalue weighted by molar-refractivity contribution is 5.84. The Hall–Kier alpha value is -10.0. The average Bonchev–Trinajstić information content (AvgIpc) is 1.61. The third-order valence-electron chi connectivity index (χ3n) is 23.8. The Kier molecular flexibility index (Phi) is 25.2. The summed E-state index contributed by atoms with van der Waals surface area (Å²) in [6.07, 6.45) is 22.2. The van der Waals surface area contributed by atoms with Crippen LogP contribution in [0, 0.1) is 11.8 Å². The fourth-order valence-corrected chi connectivity index (χ4v) is 17.5. The summed E-state index contributed by atoms with van der Waals surface area (Å²) in [7, 11) is 0. The van der Waals surface area contributed by atoms with Crippen molar-refractivity contribution in [3.63, 3.8) is 0 Å². The molecule has 0 spiro atoms. The van der Waals surface area contributed by atoms with Crippen molar-refractivity contribution in [2.24, 2.45) is 11.8 Å². The largest absolute Gasteiger partial charge is 0.454 e. The number of benzene rings is 8. The molecule has 5 N–H and O–H groups in total. The highest BCUT2D eigenvalue weighted by Crippen LogP contribution is 2.41. The van der Waals surface area contributed by atoms with E-state index in [0.29, 0.717) is 77.1 Å². The molecule has 23 nitrogen and oxygen atoms in total. The van der Waals surface area contributed by atoms with E-state index in [1.165, 1.54) is 123 Å². The van der Waals surface area contributed by atoms with Crippen molar-refractivity contribution >= 4 is 5.78 Å². The van der Waals surface area contributed by atoms with Crippen LogP contribution in [-0.4, -0.2) is 108 Å². The zero-order valence-electron chi connectivity index (χ0n) is 65.0. The number of aryl methyl sites for hydroxylation is 2. The van der Waals surface area contributed by atoms with Gasteiger partial charge in [0.1, 0.15) is 5.78 Å². The minimum atomic E-state index is -0.000525. The van der Waals surface area contributed by atoms with Gasteiger partial charge in [-0.3, -0.25) is 9.69 Å². The van der Waals surface area contributed by atoms with Crippen LogP contribution in [0.5, 0.6) is 92.0 Å². The Morgan fingerprint density at radius 3 is 1.06 bits per heavy atom. The second kappa shape index (κ2) is 37.5. The molecular formula is C91H106N6O17. The quantitative estimate of drug-likeness (QED) is 0.0339. The summed E-state index contributed by atoms with van der Waals surface area (Å²) >= 11 is 0. The van der Waals surface area contributed by atoms with Crippen LogP contribution in [0.15, 0.2) is 146 Å². The van der Waals surface area contributed by atoms with Crippen molar-refractivity contribution in [3.8, 4) is 92.0 Å². The molecule has 1 saturated heterocycles. The average molecular weight is 1560 g/mol. The van der Waals surface area contributed by atoms with Gasteiger partial charge in [-0.15, -0.1) is 0 Å². The van der Waals surface area contributed by atoms with Crippen LogP contribution in [-0.2, 0) is 56.9 Å². The molecule has 114 heavy (non-hydrogen) atoms. The number of nitrogens with zero attached hydrogens (tertiary/aromatic N) is 1. The van der Waals surface area contributed by atoms with Gasteiger partial charge in [-0.25, -0.2) is 0 Å². The molecule has 23 heteroatoms. The number of carbonyl (C=O) groups is 1. The predicted molar refractivity (Wildman–Crippen MR) is 427 cm³/mol. The summed E-state index contributed by atoms with van der Waals surface area (Å²) in [6, 6.07) is 51.4. The van der Waals surface area contributed by atoms with Gasteiger partial charge in [0.25, 0.3) is 0 Å². The second-order valence-electron chi connectivity index (χ2n) is 31.6. The number of Topliss-reactive ketones (excluding diaryl/α,β-unsaturated/α-hetero) is 1. The van der Waals surface area contributed by atoms with Crippen LogP contribution < -0.4 is 102 Å². The summed E-state index contributed by atoms with van der Waals surface area (Å²) < 4.78 is 86.8. The maximum atomic E-state index is 12.9. The van der Waals surface area contributed by atoms with E-state index in [1.807, 2.05) is 66.7 Å². The molecule has 0 radical (unpaired) electrons. The number of fused-ring (bicyclic) bond motifs is 8. The number of ketones is 1. The maximum Gasteiger partial charge on any atom is 0.231 e. The molecule has 3 saturated carbocycles. The number of hydrogen-bond donors (Lipinski definition) is 5. The Balaban J connectivity index is 0.000000110. The molecule has 8 aromatic carbocycles. The van der Waals surface area contributed by atoms with Crippen molar-refractivity contribution in [3.05, 3.63) is 190 Å². The first-order chi connectivity index (χ1) is 56.3. The predicted octanol–water partition coefficient (Wildman–Crippen LogP) is 15.0.